The SMILES string of the molecule is CCOC(=O)C(CC(C)=O)=NOC.CCOC(=O)c1cc(C)nn1-c1cc(C)cc(C)n1.Cc1cc(C(F)(F)F)cc(NN)n1.Cc1cc(C)nc(-n2nc(C)cc2C(=O)O)c1.O.OCO.[Li+].[OH-]. The molecule has 0 radical (unpaired) electrons. The van der Waals surface area contributed by atoms with E-state index in [1.54, 1.807) is 26.8 Å². The molecule has 0 aliphatic carbocycles. The number of Topliss-reactive ketones (excluding diaryl/α,β-unsaturated/α-hetero) is 1. The first kappa shape index (κ1) is 65.7. The van der Waals surface area contributed by atoms with Crippen LogP contribution in [0.25, 0.3) is 11.6 Å². The van der Waals surface area contributed by atoms with Crippen molar-refractivity contribution in [1.82, 2.24) is 34.5 Å². The van der Waals surface area contributed by atoms with Gasteiger partial charge in [0.1, 0.15) is 25.5 Å². The number of ketones is 1. The number of anilines is 1. The summed E-state index contributed by atoms with van der Waals surface area (Å²) in [5.41, 5.74) is 7.33. The number of aromatic nitrogens is 7. The summed E-state index contributed by atoms with van der Waals surface area (Å²) in [6.45, 7) is 17.4. The molecular formula is C42H58F3LiN10O12. The zero-order chi connectivity index (χ0) is 49.6. The van der Waals surface area contributed by atoms with Crippen molar-refractivity contribution in [2.75, 3.05) is 32.5 Å². The fourth-order valence-corrected chi connectivity index (χ4v) is 5.32. The monoisotopic (exact) mass is 958 g/mol. The van der Waals surface area contributed by atoms with Gasteiger partial charge in [-0.3, -0.25) is 4.79 Å². The molecule has 5 rings (SSSR count). The number of aromatic carboxylic acids is 1. The predicted octanol–water partition coefficient (Wildman–Crippen LogP) is 1.42. The Kier molecular flexibility index (Phi) is 31.1. The molecular weight excluding hydrogens is 900 g/mol. The number of oxime groups is 1. The molecule has 0 saturated carbocycles. The molecule has 0 aliphatic heterocycles. The quantitative estimate of drug-likeness (QED) is 0.0312. The molecule has 0 spiro atoms. The van der Waals surface area contributed by atoms with E-state index in [0.29, 0.717) is 29.6 Å². The number of nitrogen functional groups attached to an aromatic ring is 1. The molecule has 0 fully saturated rings. The molecule has 0 unspecified atom stereocenters. The molecule has 0 aliphatic rings. The minimum absolute atomic E-state index is 0. The zero-order valence-electron chi connectivity index (χ0n) is 39.9. The number of nitrogens with zero attached hydrogens (tertiary/aromatic N) is 8. The molecule has 0 aromatic carbocycles. The third kappa shape index (κ3) is 22.7. The summed E-state index contributed by atoms with van der Waals surface area (Å²) >= 11 is 0. The Morgan fingerprint density at radius 1 is 0.735 bits per heavy atom. The zero-order valence-corrected chi connectivity index (χ0v) is 39.9. The first-order chi connectivity index (χ1) is 30.4. The first-order valence-electron chi connectivity index (χ1n) is 19.4. The van der Waals surface area contributed by atoms with Gasteiger partial charge in [0, 0.05) is 17.1 Å². The number of rotatable bonds is 11. The van der Waals surface area contributed by atoms with Crippen LogP contribution in [0.5, 0.6) is 0 Å². The smallest absolute Gasteiger partial charge is 0.870 e. The molecule has 5 heterocycles. The van der Waals surface area contributed by atoms with Gasteiger partial charge in [-0.05, 0) is 129 Å². The minimum atomic E-state index is -4.36. The summed E-state index contributed by atoms with van der Waals surface area (Å²) in [7, 11) is 1.30. The van der Waals surface area contributed by atoms with Crippen LogP contribution in [-0.2, 0) is 30.1 Å². The van der Waals surface area contributed by atoms with E-state index in [1.165, 1.54) is 36.4 Å². The number of hydrazine groups is 1. The van der Waals surface area contributed by atoms with Crippen LogP contribution in [0.15, 0.2) is 53.7 Å². The van der Waals surface area contributed by atoms with Crippen molar-refractivity contribution in [3.05, 3.63) is 105 Å². The maximum Gasteiger partial charge on any atom is 1.00 e. The number of hydrogen-bond acceptors (Lipinski definition) is 18. The Morgan fingerprint density at radius 3 is 1.56 bits per heavy atom. The van der Waals surface area contributed by atoms with E-state index in [0.717, 1.165) is 40.3 Å². The van der Waals surface area contributed by atoms with Gasteiger partial charge in [-0.2, -0.15) is 23.4 Å². The topological polar surface area (TPSA) is 343 Å². The van der Waals surface area contributed by atoms with Gasteiger partial charge in [-0.1, -0.05) is 5.16 Å². The second kappa shape index (κ2) is 32.2. The van der Waals surface area contributed by atoms with Gasteiger partial charge in [0.15, 0.2) is 28.7 Å². The molecule has 0 amide bonds. The maximum absolute atomic E-state index is 12.2. The molecule has 5 aromatic heterocycles. The molecule has 22 nitrogen and oxygen atoms in total. The number of hydrogen-bond donors (Lipinski definition) is 5. The second-order valence-electron chi connectivity index (χ2n) is 13.5. The number of nitrogens with one attached hydrogen (secondary N) is 1. The Labute approximate surface area is 402 Å². The fourth-order valence-electron chi connectivity index (χ4n) is 5.32. The van der Waals surface area contributed by atoms with Gasteiger partial charge in [0.05, 0.1) is 36.6 Å². The number of aliphatic hydroxyl groups excluding tert-OH is 1. The van der Waals surface area contributed by atoms with Crippen LogP contribution in [0.2, 0.25) is 0 Å². The summed E-state index contributed by atoms with van der Waals surface area (Å²) in [6, 6.07) is 12.7. The molecule has 26 heteroatoms. The number of aliphatic hydroxyl groups is 2. The minimum Gasteiger partial charge on any atom is -0.870 e. The summed E-state index contributed by atoms with van der Waals surface area (Å²) in [6.07, 6.45) is -4.42. The summed E-state index contributed by atoms with van der Waals surface area (Å²) in [5.74, 6) is 3.96. The summed E-state index contributed by atoms with van der Waals surface area (Å²) in [4.78, 5) is 61.6. The van der Waals surface area contributed by atoms with Crippen LogP contribution in [0.1, 0.15) is 93.3 Å². The van der Waals surface area contributed by atoms with Crippen molar-refractivity contribution in [1.29, 1.82) is 0 Å². The average molecular weight is 959 g/mol. The Bertz CT molecular complexity index is 2370. The molecule has 5 aromatic rings. The van der Waals surface area contributed by atoms with Gasteiger partial charge in [-0.25, -0.2) is 44.5 Å². The van der Waals surface area contributed by atoms with Crippen LogP contribution in [-0.4, -0.2) is 117 Å². The molecule has 68 heavy (non-hydrogen) atoms. The second-order valence-corrected chi connectivity index (χ2v) is 13.5. The average Bonchev–Trinajstić information content (AvgIpc) is 3.80. The normalized spacial score (nSPS) is 10.1. The van der Waals surface area contributed by atoms with E-state index in [-0.39, 0.29) is 77.5 Å². The Hall–Kier alpha value is -6.59. The number of carboxylic acids is 1. The number of alkyl halides is 3. The summed E-state index contributed by atoms with van der Waals surface area (Å²) < 4.78 is 49.1. The number of nitrogens with two attached hydrogens (primary N) is 1. The van der Waals surface area contributed by atoms with Crippen LogP contribution in [0.4, 0.5) is 19.0 Å². The van der Waals surface area contributed by atoms with Gasteiger partial charge in [0.25, 0.3) is 0 Å². The van der Waals surface area contributed by atoms with Gasteiger partial charge in [0.2, 0.25) is 0 Å². The summed E-state index contributed by atoms with van der Waals surface area (Å²) in [5, 5.41) is 35.2. The van der Waals surface area contributed by atoms with Crippen LogP contribution >= 0.6 is 0 Å². The molecule has 9 N–H and O–H groups in total. The number of carbonyl (C=O) groups is 4. The van der Waals surface area contributed by atoms with Crippen LogP contribution in [0, 0.1) is 48.5 Å². The number of halogens is 3. The van der Waals surface area contributed by atoms with Gasteiger partial charge < -0.3 is 46.0 Å². The number of pyridine rings is 3. The Morgan fingerprint density at radius 2 is 1.18 bits per heavy atom. The Balaban J connectivity index is -0.000000810. The number of ether oxygens (including phenoxy) is 2. The molecule has 370 valence electrons. The van der Waals surface area contributed by atoms with E-state index in [4.69, 9.17) is 25.9 Å². The third-order valence-electron chi connectivity index (χ3n) is 7.53. The van der Waals surface area contributed by atoms with Crippen molar-refractivity contribution in [3.8, 4) is 11.6 Å². The molecule has 0 saturated heterocycles. The molecule has 0 bridgehead atoms. The number of esters is 2. The predicted molar refractivity (Wildman–Crippen MR) is 237 cm³/mol. The van der Waals surface area contributed by atoms with E-state index in [1.807, 2.05) is 58.9 Å². The molecule has 0 atom stereocenters. The number of aryl methyl sites for hydroxylation is 7. The number of carboxylic acid groups (broad SMARTS) is 1. The van der Waals surface area contributed by atoms with Crippen molar-refractivity contribution in [2.24, 2.45) is 11.0 Å². The van der Waals surface area contributed by atoms with Crippen LogP contribution in [0.3, 0.4) is 0 Å². The fraction of sp³-hybridized carbons (Fsp3) is 0.381. The van der Waals surface area contributed by atoms with E-state index >= 15 is 0 Å². The van der Waals surface area contributed by atoms with E-state index in [9.17, 15) is 32.3 Å². The van der Waals surface area contributed by atoms with Crippen molar-refractivity contribution >= 4 is 35.2 Å². The maximum atomic E-state index is 12.2. The van der Waals surface area contributed by atoms with E-state index in [2.05, 4.69) is 45.3 Å². The standard InChI is InChI=1S/C14H17N3O2.C12H13N3O2.C8H13NO4.C7H8F3N3.CH4O2.Li.2H2O/c1-5-19-14(18)12-8-11(4)16-17(12)13-7-9(2)6-10(3)15-13;1-7-4-8(2)13-11(5-7)15-10(12(16)17)6-9(3)14-15;1-4-13-8(11)7(9-12-3)5-6(2)10;1-4-2-5(7(8,9)10)3-6(12-4)13-11;2-1-3;;;/h6-8H,5H2,1-4H3;4-6H,1-3H3,(H,16,17);4-5H2,1-3H3;2-3H,11H2,1H3,(H,12,13);2-3H,1H2;;2*1H2/q;;;;;+1;;/p-1. The van der Waals surface area contributed by atoms with Crippen molar-refractivity contribution < 1.29 is 91.8 Å². The van der Waals surface area contributed by atoms with Crippen molar-refractivity contribution in [2.45, 2.75) is 81.8 Å². The van der Waals surface area contributed by atoms with Gasteiger partial charge >= 0.3 is 42.9 Å². The van der Waals surface area contributed by atoms with E-state index < -0.39 is 30.5 Å². The largest absolute Gasteiger partial charge is 1.00 e. The third-order valence-corrected chi connectivity index (χ3v) is 7.53. The first-order valence-corrected chi connectivity index (χ1v) is 19.4. The van der Waals surface area contributed by atoms with Crippen LogP contribution < -0.4 is 30.1 Å². The van der Waals surface area contributed by atoms with Gasteiger partial charge in [-0.15, -0.1) is 0 Å². The van der Waals surface area contributed by atoms with Crippen molar-refractivity contribution in [3.63, 3.8) is 0 Å². The number of carbonyl (C=O) groups excluding carboxylic acids is 3.